The second-order valence-corrected chi connectivity index (χ2v) is 5.72. The van der Waals surface area contributed by atoms with Crippen LogP contribution in [-0.2, 0) is 0 Å². The molecule has 0 amide bonds. The van der Waals surface area contributed by atoms with Crippen LogP contribution in [0.2, 0.25) is 5.02 Å². The number of nitrogens with one attached hydrogen (secondary N) is 1. The molecule has 0 saturated heterocycles. The fraction of sp³-hybridized carbons (Fsp3) is 0.571. The molecule has 5 nitrogen and oxygen atoms in total. The molecule has 2 rings (SSSR count). The second-order valence-electron chi connectivity index (χ2n) is 5.31. The first-order valence-corrected chi connectivity index (χ1v) is 7.21. The van der Waals surface area contributed by atoms with Crippen LogP contribution in [0.1, 0.15) is 36.0 Å². The average Bonchev–Trinajstić information content (AvgIpc) is 2.46. The standard InChI is InChI=1S/C14H19ClN2O3/c15-12-5-11(14(19)20)7-17-13(12)16-6-9-1-3-10(8-18)4-2-9/h5,7,9-10,18H,1-4,6,8H2,(H,16,17)(H,19,20). The van der Waals surface area contributed by atoms with Crippen LogP contribution in [0.3, 0.4) is 0 Å². The second kappa shape index (κ2) is 6.90. The third-order valence-corrected chi connectivity index (χ3v) is 4.16. The van der Waals surface area contributed by atoms with Crippen LogP contribution in [0.4, 0.5) is 5.82 Å². The van der Waals surface area contributed by atoms with Crippen molar-refractivity contribution in [1.29, 1.82) is 0 Å². The highest BCUT2D eigenvalue weighted by Gasteiger charge is 2.20. The zero-order valence-corrected chi connectivity index (χ0v) is 11.9. The lowest BCUT2D eigenvalue weighted by Gasteiger charge is -2.27. The first-order valence-electron chi connectivity index (χ1n) is 6.83. The minimum Gasteiger partial charge on any atom is -0.478 e. The molecule has 6 heteroatoms. The minimum atomic E-state index is -1.03. The van der Waals surface area contributed by atoms with Gasteiger partial charge in [0.05, 0.1) is 10.6 Å². The molecule has 0 atom stereocenters. The van der Waals surface area contributed by atoms with Crippen LogP contribution in [0.5, 0.6) is 0 Å². The van der Waals surface area contributed by atoms with Crippen molar-refractivity contribution in [2.75, 3.05) is 18.5 Å². The smallest absolute Gasteiger partial charge is 0.337 e. The molecule has 1 aromatic rings. The summed E-state index contributed by atoms with van der Waals surface area (Å²) in [6.07, 6.45) is 5.59. The molecule has 0 unspecified atom stereocenters. The molecule has 0 aliphatic heterocycles. The van der Waals surface area contributed by atoms with Gasteiger partial charge < -0.3 is 15.5 Å². The maximum atomic E-state index is 10.8. The van der Waals surface area contributed by atoms with Gasteiger partial charge in [0.2, 0.25) is 0 Å². The van der Waals surface area contributed by atoms with Crippen molar-refractivity contribution in [1.82, 2.24) is 4.98 Å². The van der Waals surface area contributed by atoms with Crippen molar-refractivity contribution in [2.24, 2.45) is 11.8 Å². The number of carbonyl (C=O) groups is 1. The number of carboxylic acids is 1. The third kappa shape index (κ3) is 3.84. The number of hydrogen-bond donors (Lipinski definition) is 3. The van der Waals surface area contributed by atoms with E-state index in [1.54, 1.807) is 0 Å². The van der Waals surface area contributed by atoms with Crippen molar-refractivity contribution < 1.29 is 15.0 Å². The predicted molar refractivity (Wildman–Crippen MR) is 77.2 cm³/mol. The minimum absolute atomic E-state index is 0.0870. The highest BCUT2D eigenvalue weighted by molar-refractivity contribution is 6.33. The van der Waals surface area contributed by atoms with Crippen LogP contribution in [0.25, 0.3) is 0 Å². The number of halogens is 1. The van der Waals surface area contributed by atoms with Gasteiger partial charge in [-0.15, -0.1) is 0 Å². The molecule has 0 aromatic carbocycles. The van der Waals surface area contributed by atoms with Gasteiger partial charge in [0.1, 0.15) is 5.82 Å². The number of aromatic nitrogens is 1. The summed E-state index contributed by atoms with van der Waals surface area (Å²) in [5, 5.41) is 21.5. The van der Waals surface area contributed by atoms with E-state index in [0.29, 0.717) is 22.7 Å². The summed E-state index contributed by atoms with van der Waals surface area (Å²) in [5.74, 6) is 0.492. The lowest BCUT2D eigenvalue weighted by Crippen LogP contribution is -2.23. The Labute approximate surface area is 123 Å². The molecule has 3 N–H and O–H groups in total. The molecule has 0 bridgehead atoms. The summed E-state index contributed by atoms with van der Waals surface area (Å²) in [5.41, 5.74) is 0.0870. The largest absolute Gasteiger partial charge is 0.478 e. The number of carboxylic acid groups (broad SMARTS) is 1. The zero-order chi connectivity index (χ0) is 14.5. The zero-order valence-electron chi connectivity index (χ0n) is 11.2. The highest BCUT2D eigenvalue weighted by Crippen LogP contribution is 2.29. The van der Waals surface area contributed by atoms with Gasteiger partial charge in [0.25, 0.3) is 0 Å². The monoisotopic (exact) mass is 298 g/mol. The molecule has 1 aromatic heterocycles. The average molecular weight is 299 g/mol. The first kappa shape index (κ1) is 15.1. The Bertz CT molecular complexity index is 473. The number of nitrogens with zero attached hydrogens (tertiary/aromatic N) is 1. The Kier molecular flexibility index (Phi) is 5.20. The first-order chi connectivity index (χ1) is 9.60. The quantitative estimate of drug-likeness (QED) is 0.778. The van der Waals surface area contributed by atoms with E-state index in [9.17, 15) is 4.79 Å². The number of hydrogen-bond acceptors (Lipinski definition) is 4. The maximum absolute atomic E-state index is 10.8. The number of rotatable bonds is 5. The van der Waals surface area contributed by atoms with Crippen LogP contribution >= 0.6 is 11.6 Å². The van der Waals surface area contributed by atoms with Gasteiger partial charge in [-0.05, 0) is 43.6 Å². The molecule has 0 radical (unpaired) electrons. The lowest BCUT2D eigenvalue weighted by molar-refractivity contribution is 0.0696. The Morgan fingerprint density at radius 2 is 2.00 bits per heavy atom. The molecule has 20 heavy (non-hydrogen) atoms. The van der Waals surface area contributed by atoms with Crippen molar-refractivity contribution in [3.63, 3.8) is 0 Å². The highest BCUT2D eigenvalue weighted by atomic mass is 35.5. The molecule has 1 heterocycles. The summed E-state index contributed by atoms with van der Waals surface area (Å²) in [7, 11) is 0. The molecule has 1 aliphatic rings. The van der Waals surface area contributed by atoms with E-state index in [-0.39, 0.29) is 12.2 Å². The molecule has 1 fully saturated rings. The summed E-state index contributed by atoms with van der Waals surface area (Å²) >= 11 is 6.02. The Hall–Kier alpha value is -1.33. The summed E-state index contributed by atoms with van der Waals surface area (Å²) in [6, 6.07) is 1.40. The number of aliphatic hydroxyl groups is 1. The van der Waals surface area contributed by atoms with Crippen LogP contribution < -0.4 is 5.32 Å². The summed E-state index contributed by atoms with van der Waals surface area (Å²) < 4.78 is 0. The maximum Gasteiger partial charge on any atom is 0.337 e. The molecule has 0 spiro atoms. The topological polar surface area (TPSA) is 82.5 Å². The number of pyridine rings is 1. The number of aliphatic hydroxyl groups excluding tert-OH is 1. The van der Waals surface area contributed by atoms with E-state index < -0.39 is 5.97 Å². The summed E-state index contributed by atoms with van der Waals surface area (Å²) in [6.45, 7) is 1.06. The van der Waals surface area contributed by atoms with E-state index >= 15 is 0 Å². The normalized spacial score (nSPS) is 22.5. The van der Waals surface area contributed by atoms with Crippen molar-refractivity contribution >= 4 is 23.4 Å². The van der Waals surface area contributed by atoms with Gasteiger partial charge in [-0.3, -0.25) is 0 Å². The number of aromatic carboxylic acids is 1. The lowest BCUT2D eigenvalue weighted by atomic mass is 9.82. The summed E-state index contributed by atoms with van der Waals surface area (Å²) in [4.78, 5) is 14.8. The number of anilines is 1. The van der Waals surface area contributed by atoms with Gasteiger partial charge in [0, 0.05) is 19.3 Å². The van der Waals surface area contributed by atoms with Gasteiger partial charge in [-0.2, -0.15) is 0 Å². The Morgan fingerprint density at radius 1 is 1.35 bits per heavy atom. The van der Waals surface area contributed by atoms with E-state index in [1.165, 1.54) is 12.3 Å². The molecular weight excluding hydrogens is 280 g/mol. The van der Waals surface area contributed by atoms with Crippen LogP contribution in [-0.4, -0.2) is 34.3 Å². The molecule has 1 saturated carbocycles. The van der Waals surface area contributed by atoms with E-state index in [4.69, 9.17) is 21.8 Å². The van der Waals surface area contributed by atoms with Crippen molar-refractivity contribution in [3.05, 3.63) is 22.8 Å². The SMILES string of the molecule is O=C(O)c1cnc(NCC2CCC(CO)CC2)c(Cl)c1. The van der Waals surface area contributed by atoms with Crippen molar-refractivity contribution in [2.45, 2.75) is 25.7 Å². The van der Waals surface area contributed by atoms with Crippen LogP contribution in [0, 0.1) is 11.8 Å². The van der Waals surface area contributed by atoms with Gasteiger partial charge in [-0.1, -0.05) is 11.6 Å². The van der Waals surface area contributed by atoms with Crippen molar-refractivity contribution in [3.8, 4) is 0 Å². The Morgan fingerprint density at radius 3 is 2.55 bits per heavy atom. The predicted octanol–water partition coefficient (Wildman–Crippen LogP) is 2.64. The molecule has 1 aliphatic carbocycles. The third-order valence-electron chi connectivity index (χ3n) is 3.87. The van der Waals surface area contributed by atoms with E-state index in [0.717, 1.165) is 32.2 Å². The van der Waals surface area contributed by atoms with E-state index in [2.05, 4.69) is 10.3 Å². The van der Waals surface area contributed by atoms with Crippen LogP contribution in [0.15, 0.2) is 12.3 Å². The van der Waals surface area contributed by atoms with Gasteiger partial charge >= 0.3 is 5.97 Å². The van der Waals surface area contributed by atoms with E-state index in [1.807, 2.05) is 0 Å². The fourth-order valence-electron chi connectivity index (χ4n) is 2.54. The fourth-order valence-corrected chi connectivity index (χ4v) is 2.78. The van der Waals surface area contributed by atoms with Gasteiger partial charge in [-0.25, -0.2) is 9.78 Å². The van der Waals surface area contributed by atoms with Gasteiger partial charge in [0.15, 0.2) is 0 Å². The molecular formula is C14H19ClN2O3. The molecule has 110 valence electrons. The Balaban J connectivity index is 1.87.